The average molecular weight is 255 g/mol. The van der Waals surface area contributed by atoms with E-state index in [-0.39, 0.29) is 18.2 Å². The Morgan fingerprint density at radius 3 is 2.76 bits per heavy atom. The molecule has 0 unspecified atom stereocenters. The molecule has 0 radical (unpaired) electrons. The third-order valence-corrected chi connectivity index (χ3v) is 2.54. The van der Waals surface area contributed by atoms with Crippen LogP contribution in [0.15, 0.2) is 30.6 Å². The Labute approximate surface area is 107 Å². The van der Waals surface area contributed by atoms with Crippen molar-refractivity contribution in [2.24, 2.45) is 0 Å². The molecule has 1 N–H and O–H groups in total. The highest BCUT2D eigenvalue weighted by atomic mass is 35.5. The quantitative estimate of drug-likeness (QED) is 0.836. The molecule has 0 bridgehead atoms. The second-order valence-electron chi connectivity index (χ2n) is 3.95. The van der Waals surface area contributed by atoms with Crippen molar-refractivity contribution >= 4 is 18.7 Å². The van der Waals surface area contributed by atoms with E-state index < -0.39 is 0 Å². The van der Waals surface area contributed by atoms with E-state index in [4.69, 9.17) is 0 Å². The summed E-state index contributed by atoms with van der Waals surface area (Å²) in [6, 6.07) is 5.10. The predicted molar refractivity (Wildman–Crippen MR) is 68.1 cm³/mol. The number of phenolic OH excluding ortho intramolecular Hbond substituents is 1. The van der Waals surface area contributed by atoms with Crippen LogP contribution in [0.25, 0.3) is 0 Å². The van der Waals surface area contributed by atoms with E-state index in [1.165, 1.54) is 0 Å². The van der Waals surface area contributed by atoms with Gasteiger partial charge in [-0.05, 0) is 17.7 Å². The van der Waals surface area contributed by atoms with Crippen molar-refractivity contribution in [2.45, 2.75) is 6.54 Å². The van der Waals surface area contributed by atoms with Crippen LogP contribution in [-0.4, -0.2) is 34.9 Å². The minimum atomic E-state index is 0. The number of aldehydes is 1. The Balaban J connectivity index is 0.00000144. The summed E-state index contributed by atoms with van der Waals surface area (Å²) in [5, 5.41) is 9.37. The lowest BCUT2D eigenvalue weighted by Gasteiger charge is -2.18. The maximum Gasteiger partial charge on any atom is 0.153 e. The van der Waals surface area contributed by atoms with E-state index in [1.54, 1.807) is 12.1 Å². The summed E-state index contributed by atoms with van der Waals surface area (Å²) in [5.74, 6) is 0.0350. The SMILES string of the molecule is CN1C=CN(Cc2ccc(O)c(C=O)c2)C1.Cl. The summed E-state index contributed by atoms with van der Waals surface area (Å²) in [7, 11) is 2.00. The van der Waals surface area contributed by atoms with E-state index in [0.717, 1.165) is 18.8 Å². The second kappa shape index (κ2) is 5.59. The number of benzene rings is 1. The lowest BCUT2D eigenvalue weighted by atomic mass is 10.1. The van der Waals surface area contributed by atoms with Crippen molar-refractivity contribution in [3.8, 4) is 5.75 Å². The topological polar surface area (TPSA) is 43.8 Å². The van der Waals surface area contributed by atoms with Gasteiger partial charge in [0, 0.05) is 26.0 Å². The van der Waals surface area contributed by atoms with Gasteiger partial charge in [0.2, 0.25) is 0 Å². The zero-order valence-electron chi connectivity index (χ0n) is 9.54. The molecule has 0 atom stereocenters. The molecule has 1 aromatic carbocycles. The van der Waals surface area contributed by atoms with Crippen LogP contribution in [0, 0.1) is 0 Å². The second-order valence-corrected chi connectivity index (χ2v) is 3.95. The number of phenols is 1. The van der Waals surface area contributed by atoms with Gasteiger partial charge in [0.1, 0.15) is 5.75 Å². The van der Waals surface area contributed by atoms with Gasteiger partial charge in [-0.25, -0.2) is 0 Å². The van der Waals surface area contributed by atoms with Crippen LogP contribution >= 0.6 is 12.4 Å². The average Bonchev–Trinajstić information content (AvgIpc) is 2.67. The summed E-state index contributed by atoms with van der Waals surface area (Å²) >= 11 is 0. The Morgan fingerprint density at radius 2 is 2.18 bits per heavy atom. The Kier molecular flexibility index (Phi) is 4.40. The molecule has 2 rings (SSSR count). The maximum absolute atomic E-state index is 10.7. The molecule has 5 heteroatoms. The largest absolute Gasteiger partial charge is 0.507 e. The first-order chi connectivity index (χ1) is 7.69. The van der Waals surface area contributed by atoms with E-state index in [2.05, 4.69) is 9.80 Å². The van der Waals surface area contributed by atoms with Crippen molar-refractivity contribution in [3.63, 3.8) is 0 Å². The molecule has 17 heavy (non-hydrogen) atoms. The summed E-state index contributed by atoms with van der Waals surface area (Å²) in [6.45, 7) is 1.58. The maximum atomic E-state index is 10.7. The molecular formula is C12H15ClN2O2. The van der Waals surface area contributed by atoms with E-state index in [9.17, 15) is 9.90 Å². The summed E-state index contributed by atoms with van der Waals surface area (Å²) < 4.78 is 0. The van der Waals surface area contributed by atoms with Gasteiger partial charge in [0.25, 0.3) is 0 Å². The van der Waals surface area contributed by atoms with Crippen molar-refractivity contribution in [1.29, 1.82) is 0 Å². The monoisotopic (exact) mass is 254 g/mol. The molecule has 0 saturated heterocycles. The number of hydrogen-bond acceptors (Lipinski definition) is 4. The first kappa shape index (κ1) is 13.4. The molecule has 1 heterocycles. The molecule has 1 aliphatic heterocycles. The zero-order chi connectivity index (χ0) is 11.5. The third-order valence-electron chi connectivity index (χ3n) is 2.54. The number of aromatic hydroxyl groups is 1. The Bertz CT molecular complexity index is 435. The van der Waals surface area contributed by atoms with Crippen molar-refractivity contribution < 1.29 is 9.90 Å². The standard InChI is InChI=1S/C12H14N2O2.ClH/c1-13-4-5-14(9-13)7-10-2-3-12(16)11(6-10)8-15;/h2-6,8,16H,7,9H2,1H3;1H. The minimum Gasteiger partial charge on any atom is -0.507 e. The van der Waals surface area contributed by atoms with E-state index in [1.807, 2.05) is 25.5 Å². The first-order valence-corrected chi connectivity index (χ1v) is 5.09. The molecule has 1 aliphatic rings. The van der Waals surface area contributed by atoms with Crippen LogP contribution < -0.4 is 0 Å². The van der Waals surface area contributed by atoms with Crippen molar-refractivity contribution in [1.82, 2.24) is 9.80 Å². The lowest BCUT2D eigenvalue weighted by molar-refractivity contribution is 0.112. The number of carbonyl (C=O) groups is 1. The van der Waals surface area contributed by atoms with Gasteiger partial charge in [-0.15, -0.1) is 12.4 Å². The first-order valence-electron chi connectivity index (χ1n) is 5.09. The van der Waals surface area contributed by atoms with Crippen LogP contribution in [0.1, 0.15) is 15.9 Å². The Hall–Kier alpha value is -1.68. The molecule has 1 aromatic rings. The predicted octanol–water partition coefficient (Wildman–Crippen LogP) is 1.80. The third kappa shape index (κ3) is 3.14. The van der Waals surface area contributed by atoms with Gasteiger partial charge in [-0.1, -0.05) is 6.07 Å². The van der Waals surface area contributed by atoms with Gasteiger partial charge in [0.15, 0.2) is 6.29 Å². The fourth-order valence-corrected chi connectivity index (χ4v) is 1.72. The molecule has 0 spiro atoms. The van der Waals surface area contributed by atoms with Gasteiger partial charge in [-0.2, -0.15) is 0 Å². The highest BCUT2D eigenvalue weighted by Crippen LogP contribution is 2.18. The number of rotatable bonds is 3. The van der Waals surface area contributed by atoms with Crippen molar-refractivity contribution in [3.05, 3.63) is 41.7 Å². The van der Waals surface area contributed by atoms with E-state index in [0.29, 0.717) is 11.8 Å². The van der Waals surface area contributed by atoms with E-state index >= 15 is 0 Å². The fourth-order valence-electron chi connectivity index (χ4n) is 1.72. The molecule has 4 nitrogen and oxygen atoms in total. The van der Waals surface area contributed by atoms with Crippen LogP contribution in [-0.2, 0) is 6.54 Å². The molecule has 0 fully saturated rings. The number of halogens is 1. The number of hydrogen-bond donors (Lipinski definition) is 1. The minimum absolute atomic E-state index is 0. The van der Waals surface area contributed by atoms with Gasteiger partial charge in [0.05, 0.1) is 12.2 Å². The highest BCUT2D eigenvalue weighted by Gasteiger charge is 2.09. The number of carbonyl (C=O) groups excluding carboxylic acids is 1. The summed E-state index contributed by atoms with van der Waals surface area (Å²) in [4.78, 5) is 14.9. The molecular weight excluding hydrogens is 240 g/mol. The molecule has 0 aromatic heterocycles. The lowest BCUT2D eigenvalue weighted by Crippen LogP contribution is -2.21. The smallest absolute Gasteiger partial charge is 0.153 e. The molecule has 0 saturated carbocycles. The molecule has 0 aliphatic carbocycles. The molecule has 92 valence electrons. The number of nitrogens with zero attached hydrogens (tertiary/aromatic N) is 2. The van der Waals surface area contributed by atoms with Crippen LogP contribution in [0.4, 0.5) is 0 Å². The van der Waals surface area contributed by atoms with Gasteiger partial charge < -0.3 is 14.9 Å². The Morgan fingerprint density at radius 1 is 1.41 bits per heavy atom. The van der Waals surface area contributed by atoms with Crippen LogP contribution in [0.3, 0.4) is 0 Å². The fraction of sp³-hybridized carbons (Fsp3) is 0.250. The van der Waals surface area contributed by atoms with Gasteiger partial charge >= 0.3 is 0 Å². The van der Waals surface area contributed by atoms with Crippen LogP contribution in [0.2, 0.25) is 0 Å². The van der Waals surface area contributed by atoms with Crippen molar-refractivity contribution in [2.75, 3.05) is 13.7 Å². The van der Waals surface area contributed by atoms with Gasteiger partial charge in [-0.3, -0.25) is 4.79 Å². The summed E-state index contributed by atoms with van der Waals surface area (Å²) in [5.41, 5.74) is 1.36. The summed E-state index contributed by atoms with van der Waals surface area (Å²) in [6.07, 6.45) is 4.68. The zero-order valence-corrected chi connectivity index (χ0v) is 10.4. The normalized spacial score (nSPS) is 13.7. The highest BCUT2D eigenvalue weighted by molar-refractivity contribution is 5.85. The van der Waals surface area contributed by atoms with Crippen LogP contribution in [0.5, 0.6) is 5.75 Å². The molecule has 0 amide bonds.